The molecule has 2 aliphatic rings. The number of nitrogens with zero attached hydrogens (tertiary/aromatic N) is 1. The summed E-state index contributed by atoms with van der Waals surface area (Å²) >= 11 is 0. The Labute approximate surface area is 151 Å². The number of guanidine groups is 1. The van der Waals surface area contributed by atoms with Crippen LogP contribution < -0.4 is 10.6 Å². The lowest BCUT2D eigenvalue weighted by Crippen LogP contribution is -2.41. The Balaban J connectivity index is 1.53. The molecule has 0 bridgehead atoms. The zero-order valence-corrected chi connectivity index (χ0v) is 15.6. The van der Waals surface area contributed by atoms with E-state index >= 15 is 0 Å². The van der Waals surface area contributed by atoms with Crippen LogP contribution in [0.1, 0.15) is 51.2 Å². The molecule has 1 saturated heterocycles. The van der Waals surface area contributed by atoms with E-state index in [0.717, 1.165) is 57.4 Å². The highest BCUT2D eigenvalue weighted by atomic mass is 16.5. The van der Waals surface area contributed by atoms with Crippen LogP contribution in [-0.4, -0.2) is 38.8 Å². The van der Waals surface area contributed by atoms with Gasteiger partial charge in [-0.1, -0.05) is 19.8 Å². The topological polar surface area (TPSA) is 58.8 Å². The van der Waals surface area contributed by atoms with Crippen LogP contribution in [0.15, 0.2) is 27.8 Å². The molecule has 1 aromatic heterocycles. The Kier molecular flexibility index (Phi) is 6.79. The predicted molar refractivity (Wildman–Crippen MR) is 101 cm³/mol. The quantitative estimate of drug-likeness (QED) is 0.559. The number of ether oxygens (including phenoxy) is 1. The maximum Gasteiger partial charge on any atom is 0.191 e. The van der Waals surface area contributed by atoms with Gasteiger partial charge >= 0.3 is 0 Å². The second-order valence-electron chi connectivity index (χ2n) is 7.59. The first-order valence-electron chi connectivity index (χ1n) is 9.92. The first-order chi connectivity index (χ1) is 12.3. The minimum Gasteiger partial charge on any atom is -0.469 e. The minimum absolute atomic E-state index is 0.423. The van der Waals surface area contributed by atoms with E-state index in [9.17, 15) is 0 Å². The van der Waals surface area contributed by atoms with E-state index in [2.05, 4.69) is 17.6 Å². The number of rotatable bonds is 8. The lowest BCUT2D eigenvalue weighted by atomic mass is 9.84. The largest absolute Gasteiger partial charge is 0.469 e. The summed E-state index contributed by atoms with van der Waals surface area (Å²) < 4.78 is 10.9. The fourth-order valence-corrected chi connectivity index (χ4v) is 3.91. The molecule has 5 nitrogen and oxygen atoms in total. The van der Waals surface area contributed by atoms with Gasteiger partial charge in [0.25, 0.3) is 0 Å². The third kappa shape index (κ3) is 5.50. The van der Waals surface area contributed by atoms with E-state index in [1.807, 2.05) is 12.1 Å². The van der Waals surface area contributed by atoms with Crippen LogP contribution in [0.5, 0.6) is 0 Å². The standard InChI is InChI=1S/C20H33N3O2/c1-2-20(9-3-4-10-20)16-23-19(22-14-17-8-13-24-15-17)21-11-7-18-6-5-12-25-18/h5-6,12,17H,2-4,7-11,13-16H2,1H3,(H2,21,22,23). The zero-order chi connectivity index (χ0) is 17.4. The predicted octanol–water partition coefficient (Wildman–Crippen LogP) is 3.36. The molecular formula is C20H33N3O2. The van der Waals surface area contributed by atoms with Crippen molar-refractivity contribution in [2.24, 2.45) is 16.3 Å². The van der Waals surface area contributed by atoms with E-state index < -0.39 is 0 Å². The lowest BCUT2D eigenvalue weighted by Gasteiger charge is -2.26. The van der Waals surface area contributed by atoms with Crippen molar-refractivity contribution in [1.82, 2.24) is 10.6 Å². The fraction of sp³-hybridized carbons (Fsp3) is 0.750. The molecule has 1 aliphatic carbocycles. The SMILES string of the molecule is CCC1(CN=C(NCCc2ccco2)NCC2CCOC2)CCCC1. The highest BCUT2D eigenvalue weighted by Gasteiger charge is 2.31. The average molecular weight is 348 g/mol. The van der Waals surface area contributed by atoms with Gasteiger partial charge < -0.3 is 19.8 Å². The van der Waals surface area contributed by atoms with E-state index in [-0.39, 0.29) is 0 Å². The van der Waals surface area contributed by atoms with Gasteiger partial charge in [0.05, 0.1) is 12.9 Å². The Morgan fingerprint density at radius 3 is 2.88 bits per heavy atom. The molecule has 1 saturated carbocycles. The molecule has 2 heterocycles. The number of nitrogens with one attached hydrogen (secondary N) is 2. The molecule has 0 radical (unpaired) electrons. The molecule has 2 fully saturated rings. The molecule has 140 valence electrons. The van der Waals surface area contributed by atoms with Crippen LogP contribution >= 0.6 is 0 Å². The molecule has 5 heteroatoms. The molecule has 1 aliphatic heterocycles. The minimum atomic E-state index is 0.423. The van der Waals surface area contributed by atoms with Crippen molar-refractivity contribution < 1.29 is 9.15 Å². The summed E-state index contributed by atoms with van der Waals surface area (Å²) in [4.78, 5) is 4.95. The number of hydrogen-bond acceptors (Lipinski definition) is 3. The summed E-state index contributed by atoms with van der Waals surface area (Å²) in [5.74, 6) is 2.55. The summed E-state index contributed by atoms with van der Waals surface area (Å²) in [5.41, 5.74) is 0.423. The highest BCUT2D eigenvalue weighted by Crippen LogP contribution is 2.41. The third-order valence-corrected chi connectivity index (χ3v) is 5.81. The van der Waals surface area contributed by atoms with Crippen LogP contribution in [0.2, 0.25) is 0 Å². The summed E-state index contributed by atoms with van der Waals surface area (Å²) in [6.07, 6.45) is 10.3. The Hall–Kier alpha value is -1.49. The smallest absolute Gasteiger partial charge is 0.191 e. The van der Waals surface area contributed by atoms with Gasteiger partial charge in [0.15, 0.2) is 5.96 Å². The van der Waals surface area contributed by atoms with Gasteiger partial charge in [0.2, 0.25) is 0 Å². The average Bonchev–Trinajstić information content (AvgIpc) is 3.40. The first-order valence-corrected chi connectivity index (χ1v) is 9.92. The van der Waals surface area contributed by atoms with Gasteiger partial charge in [-0.3, -0.25) is 4.99 Å². The second-order valence-corrected chi connectivity index (χ2v) is 7.59. The Bertz CT molecular complexity index is 515. The van der Waals surface area contributed by atoms with Gasteiger partial charge in [-0.15, -0.1) is 0 Å². The maximum atomic E-state index is 5.48. The normalized spacial score (nSPS) is 23.1. The van der Waals surface area contributed by atoms with Crippen LogP contribution in [0, 0.1) is 11.3 Å². The highest BCUT2D eigenvalue weighted by molar-refractivity contribution is 5.79. The van der Waals surface area contributed by atoms with Crippen LogP contribution in [0.25, 0.3) is 0 Å². The number of furan rings is 1. The fourth-order valence-electron chi connectivity index (χ4n) is 3.91. The van der Waals surface area contributed by atoms with Crippen molar-refractivity contribution in [3.05, 3.63) is 24.2 Å². The summed E-state index contributed by atoms with van der Waals surface area (Å²) in [5, 5.41) is 7.02. The van der Waals surface area contributed by atoms with Gasteiger partial charge in [-0.05, 0) is 43.2 Å². The van der Waals surface area contributed by atoms with Crippen LogP contribution in [0.4, 0.5) is 0 Å². The summed E-state index contributed by atoms with van der Waals surface area (Å²) in [6, 6.07) is 3.96. The molecule has 0 aromatic carbocycles. The van der Waals surface area contributed by atoms with Crippen molar-refractivity contribution >= 4 is 5.96 Å². The van der Waals surface area contributed by atoms with E-state index in [1.54, 1.807) is 6.26 Å². The molecule has 25 heavy (non-hydrogen) atoms. The second kappa shape index (κ2) is 9.27. The van der Waals surface area contributed by atoms with Crippen LogP contribution in [0.3, 0.4) is 0 Å². The van der Waals surface area contributed by atoms with Crippen molar-refractivity contribution in [2.45, 2.75) is 51.9 Å². The Morgan fingerprint density at radius 2 is 2.20 bits per heavy atom. The summed E-state index contributed by atoms with van der Waals surface area (Å²) in [7, 11) is 0. The third-order valence-electron chi connectivity index (χ3n) is 5.81. The van der Waals surface area contributed by atoms with Crippen molar-refractivity contribution in [2.75, 3.05) is 32.8 Å². The molecule has 0 spiro atoms. The van der Waals surface area contributed by atoms with Gasteiger partial charge in [-0.25, -0.2) is 0 Å². The van der Waals surface area contributed by atoms with Crippen molar-refractivity contribution in [3.8, 4) is 0 Å². The van der Waals surface area contributed by atoms with Crippen LogP contribution in [-0.2, 0) is 11.2 Å². The summed E-state index contributed by atoms with van der Waals surface area (Å²) in [6.45, 7) is 6.77. The van der Waals surface area contributed by atoms with Crippen molar-refractivity contribution in [1.29, 1.82) is 0 Å². The Morgan fingerprint density at radius 1 is 1.32 bits per heavy atom. The van der Waals surface area contributed by atoms with Crippen molar-refractivity contribution in [3.63, 3.8) is 0 Å². The first kappa shape index (κ1) is 18.3. The molecule has 3 rings (SSSR count). The molecule has 1 atom stereocenters. The lowest BCUT2D eigenvalue weighted by molar-refractivity contribution is 0.186. The molecule has 1 unspecified atom stereocenters. The molecule has 2 N–H and O–H groups in total. The molecule has 0 amide bonds. The van der Waals surface area contributed by atoms with Gasteiger partial charge in [-0.2, -0.15) is 0 Å². The van der Waals surface area contributed by atoms with Gasteiger partial charge in [0.1, 0.15) is 5.76 Å². The maximum absolute atomic E-state index is 5.48. The van der Waals surface area contributed by atoms with E-state index in [0.29, 0.717) is 11.3 Å². The van der Waals surface area contributed by atoms with Gasteiger partial charge in [0, 0.05) is 38.6 Å². The molecule has 1 aromatic rings. The monoisotopic (exact) mass is 347 g/mol. The number of aliphatic imine (C=N–C) groups is 1. The molecular weight excluding hydrogens is 314 g/mol. The number of hydrogen-bond donors (Lipinski definition) is 2. The van der Waals surface area contributed by atoms with E-state index in [1.165, 1.54) is 32.1 Å². The van der Waals surface area contributed by atoms with E-state index in [4.69, 9.17) is 14.1 Å². The zero-order valence-electron chi connectivity index (χ0n) is 15.6.